The minimum atomic E-state index is 0.682. The molecule has 1 heterocycles. The van der Waals surface area contributed by atoms with Crippen molar-refractivity contribution in [3.8, 4) is 0 Å². The van der Waals surface area contributed by atoms with E-state index in [0.717, 1.165) is 55.4 Å². The maximum absolute atomic E-state index is 6.16. The van der Waals surface area contributed by atoms with Gasteiger partial charge in [0.05, 0.1) is 5.70 Å². The number of nitrogens with two attached hydrogens (primary N) is 1. The molecule has 4 heteroatoms. The van der Waals surface area contributed by atoms with Crippen LogP contribution in [-0.4, -0.2) is 19.8 Å². The van der Waals surface area contributed by atoms with Crippen molar-refractivity contribution in [2.45, 2.75) is 53.9 Å². The number of hydrogen-bond donors (Lipinski definition) is 2. The van der Waals surface area contributed by atoms with Crippen LogP contribution in [0.1, 0.15) is 53.9 Å². The summed E-state index contributed by atoms with van der Waals surface area (Å²) in [6.45, 7) is 12.8. The summed E-state index contributed by atoms with van der Waals surface area (Å²) < 4.78 is 5.36. The molecule has 0 aromatic rings. The molecule has 22 heavy (non-hydrogen) atoms. The molecule has 1 rings (SSSR count). The number of nitrogens with one attached hydrogen (secondary N) is 1. The lowest BCUT2D eigenvalue weighted by atomic mass is 10.0. The minimum Gasteiger partial charge on any atom is -0.397 e. The molecule has 0 atom stereocenters. The Labute approximate surface area is 141 Å². The standard InChI is InChI=1S/C16H27ClN2O.C2H6/c1-4-12(2)15(17)5-6-16(18)13(3)19-11-14-7-9-20-10-8-14;1-2/h5-6,14,19H,4,7-11,18H2,1-3H3;1-2H3/b6-5-,15-12?,16-13-;. The Morgan fingerprint density at radius 2 is 1.82 bits per heavy atom. The number of allylic oxidation sites excluding steroid dienone is 5. The summed E-state index contributed by atoms with van der Waals surface area (Å²) in [6, 6.07) is 0. The van der Waals surface area contributed by atoms with Gasteiger partial charge in [0.15, 0.2) is 0 Å². The molecule has 3 nitrogen and oxygen atoms in total. The van der Waals surface area contributed by atoms with Gasteiger partial charge in [0.25, 0.3) is 0 Å². The van der Waals surface area contributed by atoms with Gasteiger partial charge in [0.2, 0.25) is 0 Å². The molecular formula is C18H33ClN2O. The molecule has 0 radical (unpaired) electrons. The topological polar surface area (TPSA) is 47.3 Å². The first-order chi connectivity index (χ1) is 10.5. The molecule has 0 unspecified atom stereocenters. The monoisotopic (exact) mass is 328 g/mol. The van der Waals surface area contributed by atoms with E-state index in [9.17, 15) is 0 Å². The highest BCUT2D eigenvalue weighted by Gasteiger charge is 2.13. The van der Waals surface area contributed by atoms with E-state index >= 15 is 0 Å². The van der Waals surface area contributed by atoms with Gasteiger partial charge < -0.3 is 15.8 Å². The van der Waals surface area contributed by atoms with E-state index in [1.165, 1.54) is 5.57 Å². The van der Waals surface area contributed by atoms with Crippen LogP contribution in [0.25, 0.3) is 0 Å². The zero-order valence-corrected chi connectivity index (χ0v) is 15.6. The van der Waals surface area contributed by atoms with E-state index in [2.05, 4.69) is 12.2 Å². The van der Waals surface area contributed by atoms with Crippen LogP contribution < -0.4 is 11.1 Å². The smallest absolute Gasteiger partial charge is 0.0504 e. The largest absolute Gasteiger partial charge is 0.397 e. The van der Waals surface area contributed by atoms with Crippen LogP contribution in [0.4, 0.5) is 0 Å². The van der Waals surface area contributed by atoms with E-state index in [-0.39, 0.29) is 0 Å². The second-order valence-corrected chi connectivity index (χ2v) is 5.74. The fourth-order valence-electron chi connectivity index (χ4n) is 1.95. The zero-order chi connectivity index (χ0) is 17.0. The van der Waals surface area contributed by atoms with E-state index in [4.69, 9.17) is 22.1 Å². The molecule has 0 saturated carbocycles. The first-order valence-electron chi connectivity index (χ1n) is 8.35. The molecule has 1 saturated heterocycles. The van der Waals surface area contributed by atoms with Crippen molar-refractivity contribution in [3.05, 3.63) is 34.2 Å². The van der Waals surface area contributed by atoms with Gasteiger partial charge in [-0.1, -0.05) is 37.9 Å². The lowest BCUT2D eigenvalue weighted by molar-refractivity contribution is 0.0670. The van der Waals surface area contributed by atoms with Crippen molar-refractivity contribution in [2.24, 2.45) is 11.7 Å². The van der Waals surface area contributed by atoms with Crippen molar-refractivity contribution in [1.29, 1.82) is 0 Å². The Kier molecular flexibility index (Phi) is 12.1. The number of ether oxygens (including phenoxy) is 1. The van der Waals surface area contributed by atoms with Crippen LogP contribution >= 0.6 is 11.6 Å². The second-order valence-electron chi connectivity index (χ2n) is 5.33. The van der Waals surface area contributed by atoms with Gasteiger partial charge in [-0.3, -0.25) is 0 Å². The van der Waals surface area contributed by atoms with Crippen molar-refractivity contribution in [1.82, 2.24) is 5.32 Å². The third kappa shape index (κ3) is 8.50. The first kappa shape index (κ1) is 21.1. The Morgan fingerprint density at radius 3 is 2.36 bits per heavy atom. The lowest BCUT2D eigenvalue weighted by Gasteiger charge is -2.23. The van der Waals surface area contributed by atoms with Gasteiger partial charge in [0, 0.05) is 30.5 Å². The zero-order valence-electron chi connectivity index (χ0n) is 14.8. The Bertz CT molecular complexity index is 394. The summed E-state index contributed by atoms with van der Waals surface area (Å²) in [5.41, 5.74) is 8.96. The van der Waals surface area contributed by atoms with Crippen LogP contribution in [0.3, 0.4) is 0 Å². The molecule has 0 bridgehead atoms. The van der Waals surface area contributed by atoms with E-state index in [1.807, 2.05) is 39.8 Å². The third-order valence-corrected chi connectivity index (χ3v) is 4.23. The molecule has 0 spiro atoms. The highest BCUT2D eigenvalue weighted by atomic mass is 35.5. The normalized spacial score (nSPS) is 18.3. The number of halogens is 1. The number of hydrogen-bond acceptors (Lipinski definition) is 3. The van der Waals surface area contributed by atoms with Crippen LogP contribution in [-0.2, 0) is 4.74 Å². The van der Waals surface area contributed by atoms with Gasteiger partial charge in [0.1, 0.15) is 0 Å². The minimum absolute atomic E-state index is 0.682. The summed E-state index contributed by atoms with van der Waals surface area (Å²) in [6.07, 6.45) is 6.94. The average molecular weight is 329 g/mol. The molecule has 1 fully saturated rings. The quantitative estimate of drug-likeness (QED) is 0.695. The van der Waals surface area contributed by atoms with E-state index < -0.39 is 0 Å². The summed E-state index contributed by atoms with van der Waals surface area (Å²) in [4.78, 5) is 0. The number of rotatable bonds is 6. The molecule has 0 amide bonds. The van der Waals surface area contributed by atoms with Gasteiger partial charge in [-0.05, 0) is 51.2 Å². The maximum Gasteiger partial charge on any atom is 0.0504 e. The molecule has 128 valence electrons. The molecule has 0 aromatic carbocycles. The SMILES string of the molecule is CC.CCC(C)=C(Cl)/C=C\C(N)=C(/C)NCC1CCOCC1. The van der Waals surface area contributed by atoms with Crippen LogP contribution in [0.15, 0.2) is 34.2 Å². The Hall–Kier alpha value is -0.930. The summed E-state index contributed by atoms with van der Waals surface area (Å²) in [5, 5.41) is 4.18. The van der Waals surface area contributed by atoms with Crippen LogP contribution in [0.2, 0.25) is 0 Å². The van der Waals surface area contributed by atoms with Crippen molar-refractivity contribution < 1.29 is 4.74 Å². The maximum atomic E-state index is 6.16. The van der Waals surface area contributed by atoms with Crippen LogP contribution in [0.5, 0.6) is 0 Å². The Morgan fingerprint density at radius 1 is 1.23 bits per heavy atom. The first-order valence-corrected chi connectivity index (χ1v) is 8.73. The molecule has 1 aliphatic heterocycles. The third-order valence-electron chi connectivity index (χ3n) is 3.78. The highest BCUT2D eigenvalue weighted by molar-refractivity contribution is 6.31. The predicted octanol–water partition coefficient (Wildman–Crippen LogP) is 4.70. The van der Waals surface area contributed by atoms with E-state index in [0.29, 0.717) is 5.92 Å². The summed E-state index contributed by atoms with van der Waals surface area (Å²) >= 11 is 6.16. The fraction of sp³-hybridized carbons (Fsp3) is 0.667. The van der Waals surface area contributed by atoms with Crippen molar-refractivity contribution in [3.63, 3.8) is 0 Å². The van der Waals surface area contributed by atoms with E-state index in [1.54, 1.807) is 0 Å². The molecule has 0 aromatic heterocycles. The van der Waals surface area contributed by atoms with Gasteiger partial charge in [-0.25, -0.2) is 0 Å². The predicted molar refractivity (Wildman–Crippen MR) is 97.8 cm³/mol. The van der Waals surface area contributed by atoms with Gasteiger partial charge in [-0.15, -0.1) is 0 Å². The average Bonchev–Trinajstić information content (AvgIpc) is 2.59. The summed E-state index contributed by atoms with van der Waals surface area (Å²) in [5.74, 6) is 0.682. The van der Waals surface area contributed by atoms with Crippen molar-refractivity contribution in [2.75, 3.05) is 19.8 Å². The Balaban J connectivity index is 0.00000211. The fourth-order valence-corrected chi connectivity index (χ4v) is 2.15. The lowest BCUT2D eigenvalue weighted by Crippen LogP contribution is -2.27. The molecule has 1 aliphatic rings. The van der Waals surface area contributed by atoms with Crippen LogP contribution in [0, 0.1) is 5.92 Å². The van der Waals surface area contributed by atoms with Gasteiger partial charge >= 0.3 is 0 Å². The van der Waals surface area contributed by atoms with Crippen molar-refractivity contribution >= 4 is 11.6 Å². The molecular weight excluding hydrogens is 296 g/mol. The molecule has 0 aliphatic carbocycles. The second kappa shape index (κ2) is 12.6. The summed E-state index contributed by atoms with van der Waals surface area (Å²) in [7, 11) is 0. The molecule has 3 N–H and O–H groups in total. The highest BCUT2D eigenvalue weighted by Crippen LogP contribution is 2.15. The van der Waals surface area contributed by atoms with Gasteiger partial charge in [-0.2, -0.15) is 0 Å².